The lowest BCUT2D eigenvalue weighted by Crippen LogP contribution is -2.45. The standard InChI is InChI=1S/C20H28N4O.HI/c1-3-18(25)24-9-8-14(12-24)23-20(21-2)22-11-17-16-10-13-6-4-5-7-15(13)19(16)17;/h4-7,14,16-17,19H,3,8-12H2,1-2H3,(H2,21,22,23);1H. The van der Waals surface area contributed by atoms with E-state index in [1.165, 1.54) is 6.42 Å². The molecule has 6 heteroatoms. The second kappa shape index (κ2) is 8.15. The van der Waals surface area contributed by atoms with Crippen molar-refractivity contribution >= 4 is 35.8 Å². The van der Waals surface area contributed by atoms with E-state index in [0.717, 1.165) is 49.8 Å². The zero-order valence-corrected chi connectivity index (χ0v) is 17.9. The summed E-state index contributed by atoms with van der Waals surface area (Å²) in [5.41, 5.74) is 3.11. The molecule has 1 heterocycles. The fourth-order valence-electron chi connectivity index (χ4n) is 4.69. The number of likely N-dealkylation sites (tertiary alicyclic amines) is 1. The number of rotatable bonds is 4. The van der Waals surface area contributed by atoms with Gasteiger partial charge in [0.2, 0.25) is 5.91 Å². The number of nitrogens with one attached hydrogen (secondary N) is 2. The average molecular weight is 468 g/mol. The summed E-state index contributed by atoms with van der Waals surface area (Å²) in [7, 11) is 1.82. The van der Waals surface area contributed by atoms with E-state index in [0.29, 0.717) is 12.5 Å². The minimum absolute atomic E-state index is 0. The summed E-state index contributed by atoms with van der Waals surface area (Å²) in [6.07, 6.45) is 2.82. The SMILES string of the molecule is CCC(=O)N1CCC(NC(=NC)NCC2C3Cc4ccccc4C23)C1.I. The maximum atomic E-state index is 11.8. The molecule has 0 bridgehead atoms. The molecule has 1 saturated carbocycles. The molecule has 2 N–H and O–H groups in total. The number of benzene rings is 1. The van der Waals surface area contributed by atoms with Crippen molar-refractivity contribution < 1.29 is 4.79 Å². The zero-order valence-electron chi connectivity index (χ0n) is 15.6. The van der Waals surface area contributed by atoms with Crippen LogP contribution in [0, 0.1) is 11.8 Å². The lowest BCUT2D eigenvalue weighted by Gasteiger charge is -2.19. The average Bonchev–Trinajstić information content (AvgIpc) is 3.00. The Morgan fingerprint density at radius 1 is 1.35 bits per heavy atom. The van der Waals surface area contributed by atoms with E-state index in [4.69, 9.17) is 0 Å². The van der Waals surface area contributed by atoms with Gasteiger partial charge < -0.3 is 15.5 Å². The van der Waals surface area contributed by atoms with Gasteiger partial charge in [0.15, 0.2) is 5.96 Å². The Kier molecular flexibility index (Phi) is 6.10. The molecule has 26 heavy (non-hydrogen) atoms. The summed E-state index contributed by atoms with van der Waals surface area (Å²) in [6.45, 7) is 4.54. The van der Waals surface area contributed by atoms with Gasteiger partial charge in [0.05, 0.1) is 0 Å². The molecule has 1 aromatic rings. The smallest absolute Gasteiger partial charge is 0.222 e. The maximum Gasteiger partial charge on any atom is 0.222 e. The number of amides is 1. The Balaban J connectivity index is 0.00000196. The Morgan fingerprint density at radius 3 is 2.92 bits per heavy atom. The van der Waals surface area contributed by atoms with Crippen LogP contribution in [-0.4, -0.2) is 49.5 Å². The van der Waals surface area contributed by atoms with E-state index in [1.54, 1.807) is 11.1 Å². The third-order valence-corrected chi connectivity index (χ3v) is 6.11. The van der Waals surface area contributed by atoms with Gasteiger partial charge in [0, 0.05) is 39.1 Å². The second-order valence-corrected chi connectivity index (χ2v) is 7.53. The van der Waals surface area contributed by atoms with Crippen molar-refractivity contribution in [1.29, 1.82) is 0 Å². The topological polar surface area (TPSA) is 56.7 Å². The molecule has 1 amide bonds. The highest BCUT2D eigenvalue weighted by molar-refractivity contribution is 14.0. The van der Waals surface area contributed by atoms with Gasteiger partial charge in [-0.05, 0) is 41.7 Å². The minimum atomic E-state index is 0. The largest absolute Gasteiger partial charge is 0.356 e. The van der Waals surface area contributed by atoms with Crippen molar-refractivity contribution in [2.45, 2.75) is 38.1 Å². The Morgan fingerprint density at radius 2 is 2.15 bits per heavy atom. The van der Waals surface area contributed by atoms with E-state index >= 15 is 0 Å². The maximum absolute atomic E-state index is 11.8. The van der Waals surface area contributed by atoms with Crippen LogP contribution in [0.15, 0.2) is 29.3 Å². The summed E-state index contributed by atoms with van der Waals surface area (Å²) >= 11 is 0. The highest BCUT2D eigenvalue weighted by atomic mass is 127. The summed E-state index contributed by atoms with van der Waals surface area (Å²) in [4.78, 5) is 18.1. The lowest BCUT2D eigenvalue weighted by molar-refractivity contribution is -0.129. The number of hydrogen-bond acceptors (Lipinski definition) is 2. The van der Waals surface area contributed by atoms with Gasteiger partial charge in [-0.1, -0.05) is 31.2 Å². The highest BCUT2D eigenvalue weighted by Gasteiger charge is 2.54. The number of carbonyl (C=O) groups is 1. The molecule has 4 unspecified atom stereocenters. The first kappa shape index (κ1) is 19.5. The van der Waals surface area contributed by atoms with Crippen LogP contribution in [0.4, 0.5) is 0 Å². The van der Waals surface area contributed by atoms with Gasteiger partial charge >= 0.3 is 0 Å². The third kappa shape index (κ3) is 3.70. The molecule has 142 valence electrons. The van der Waals surface area contributed by atoms with E-state index < -0.39 is 0 Å². The Hall–Kier alpha value is -1.31. The molecule has 1 aromatic carbocycles. The molecule has 2 aliphatic carbocycles. The van der Waals surface area contributed by atoms with Crippen molar-refractivity contribution in [2.75, 3.05) is 26.7 Å². The van der Waals surface area contributed by atoms with Gasteiger partial charge in [-0.15, -0.1) is 24.0 Å². The molecule has 2 fully saturated rings. The first-order chi connectivity index (χ1) is 12.2. The van der Waals surface area contributed by atoms with E-state index in [9.17, 15) is 4.79 Å². The van der Waals surface area contributed by atoms with Crippen molar-refractivity contribution in [3.05, 3.63) is 35.4 Å². The predicted octanol–water partition coefficient (Wildman–Crippen LogP) is 2.37. The molecule has 0 radical (unpaired) electrons. The number of hydrogen-bond donors (Lipinski definition) is 2. The summed E-state index contributed by atoms with van der Waals surface area (Å²) < 4.78 is 0. The number of carbonyl (C=O) groups excluding carboxylic acids is 1. The monoisotopic (exact) mass is 468 g/mol. The van der Waals surface area contributed by atoms with Crippen LogP contribution in [0.25, 0.3) is 0 Å². The van der Waals surface area contributed by atoms with Gasteiger partial charge in [0.25, 0.3) is 0 Å². The van der Waals surface area contributed by atoms with Crippen LogP contribution in [0.5, 0.6) is 0 Å². The molecule has 4 rings (SSSR count). The fraction of sp³-hybridized carbons (Fsp3) is 0.600. The van der Waals surface area contributed by atoms with Crippen molar-refractivity contribution in [3.8, 4) is 0 Å². The first-order valence-electron chi connectivity index (χ1n) is 9.54. The minimum Gasteiger partial charge on any atom is -0.356 e. The fourth-order valence-corrected chi connectivity index (χ4v) is 4.69. The molecule has 3 aliphatic rings. The van der Waals surface area contributed by atoms with Crippen molar-refractivity contribution in [3.63, 3.8) is 0 Å². The van der Waals surface area contributed by atoms with Crippen LogP contribution >= 0.6 is 24.0 Å². The second-order valence-electron chi connectivity index (χ2n) is 7.53. The van der Waals surface area contributed by atoms with Crippen molar-refractivity contribution in [2.24, 2.45) is 16.8 Å². The van der Waals surface area contributed by atoms with Crippen LogP contribution in [-0.2, 0) is 11.2 Å². The molecule has 5 nitrogen and oxygen atoms in total. The summed E-state index contributed by atoms with van der Waals surface area (Å²) in [5.74, 6) is 3.40. The van der Waals surface area contributed by atoms with E-state index in [2.05, 4.69) is 39.9 Å². The van der Waals surface area contributed by atoms with E-state index in [1.807, 2.05) is 18.9 Å². The predicted molar refractivity (Wildman–Crippen MR) is 115 cm³/mol. The quantitative estimate of drug-likeness (QED) is 0.406. The molecular formula is C20H29IN4O. The summed E-state index contributed by atoms with van der Waals surface area (Å²) in [5, 5.41) is 7.00. The number of fused-ring (bicyclic) bond motifs is 3. The number of aliphatic imine (C=N–C) groups is 1. The molecule has 4 atom stereocenters. The van der Waals surface area contributed by atoms with Gasteiger partial charge in [-0.3, -0.25) is 9.79 Å². The van der Waals surface area contributed by atoms with Gasteiger partial charge in [0.1, 0.15) is 0 Å². The van der Waals surface area contributed by atoms with Crippen LogP contribution in [0.3, 0.4) is 0 Å². The van der Waals surface area contributed by atoms with Gasteiger partial charge in [-0.2, -0.15) is 0 Å². The Labute approximate surface area is 173 Å². The number of guanidine groups is 1. The Bertz CT molecular complexity index is 692. The normalized spacial score (nSPS) is 28.8. The molecule has 1 aliphatic heterocycles. The number of halogens is 1. The number of nitrogens with zero attached hydrogens (tertiary/aromatic N) is 2. The van der Waals surface area contributed by atoms with Crippen LogP contribution in [0.1, 0.15) is 36.8 Å². The van der Waals surface area contributed by atoms with Gasteiger partial charge in [-0.25, -0.2) is 0 Å². The summed E-state index contributed by atoms with van der Waals surface area (Å²) in [6, 6.07) is 9.19. The molecule has 0 aromatic heterocycles. The van der Waals surface area contributed by atoms with Crippen LogP contribution < -0.4 is 10.6 Å². The third-order valence-electron chi connectivity index (χ3n) is 6.11. The zero-order chi connectivity index (χ0) is 17.4. The molecule has 1 saturated heterocycles. The molecule has 0 spiro atoms. The van der Waals surface area contributed by atoms with E-state index in [-0.39, 0.29) is 29.9 Å². The van der Waals surface area contributed by atoms with Crippen LogP contribution in [0.2, 0.25) is 0 Å². The highest BCUT2D eigenvalue weighted by Crippen LogP contribution is 2.60. The lowest BCUT2D eigenvalue weighted by atomic mass is 10.0. The first-order valence-corrected chi connectivity index (χ1v) is 9.54. The molecular weight excluding hydrogens is 439 g/mol. The van der Waals surface area contributed by atoms with Crippen molar-refractivity contribution in [1.82, 2.24) is 15.5 Å².